The van der Waals surface area contributed by atoms with Crippen molar-refractivity contribution < 1.29 is 9.47 Å². The summed E-state index contributed by atoms with van der Waals surface area (Å²) in [5, 5.41) is 3.98. The summed E-state index contributed by atoms with van der Waals surface area (Å²) in [5.74, 6) is 2.82. The fourth-order valence-electron chi connectivity index (χ4n) is 3.08. The molecule has 1 aromatic rings. The van der Waals surface area contributed by atoms with E-state index in [1.165, 1.54) is 5.56 Å². The van der Waals surface area contributed by atoms with Crippen molar-refractivity contribution >= 4 is 41.7 Å². The highest BCUT2D eigenvalue weighted by atomic mass is 127. The first-order valence-electron chi connectivity index (χ1n) is 9.60. The summed E-state index contributed by atoms with van der Waals surface area (Å²) in [6, 6.07) is 5.99. The third kappa shape index (κ3) is 7.51. The van der Waals surface area contributed by atoms with Gasteiger partial charge in [0.2, 0.25) is 0 Å². The van der Waals surface area contributed by atoms with Gasteiger partial charge in [-0.2, -0.15) is 11.8 Å². The van der Waals surface area contributed by atoms with Crippen LogP contribution in [-0.2, 0) is 6.54 Å². The van der Waals surface area contributed by atoms with Crippen LogP contribution in [0.2, 0.25) is 0 Å². The second-order valence-electron chi connectivity index (χ2n) is 6.68. The lowest BCUT2D eigenvalue weighted by atomic mass is 10.1. The van der Waals surface area contributed by atoms with Crippen LogP contribution in [0.4, 0.5) is 0 Å². The first-order valence-corrected chi connectivity index (χ1v) is 10.9. The quantitative estimate of drug-likeness (QED) is 0.322. The predicted molar refractivity (Wildman–Crippen MR) is 131 cm³/mol. The number of hydrogen-bond acceptors (Lipinski definition) is 5. The standard InChI is InChI=1S/C20H34N4O2S.HI/c1-6-21-20(22-14-16(2)27-5)24-11-9-23(10-12-24)15-17-13-18(25-3)7-8-19(17)26-4;/h7-8,13,16H,6,9-12,14-15H2,1-5H3,(H,21,22);1H. The molecule has 0 amide bonds. The Morgan fingerprint density at radius 1 is 1.21 bits per heavy atom. The molecule has 6 nitrogen and oxygen atoms in total. The van der Waals surface area contributed by atoms with Gasteiger partial charge in [-0.05, 0) is 31.4 Å². The van der Waals surface area contributed by atoms with E-state index in [1.54, 1.807) is 14.2 Å². The SMILES string of the molecule is CCNC(=NCC(C)SC)N1CCN(Cc2cc(OC)ccc2OC)CC1.I. The maximum Gasteiger partial charge on any atom is 0.194 e. The van der Waals surface area contributed by atoms with Crippen LogP contribution in [0, 0.1) is 0 Å². The highest BCUT2D eigenvalue weighted by Gasteiger charge is 2.21. The van der Waals surface area contributed by atoms with Crippen LogP contribution in [0.1, 0.15) is 19.4 Å². The number of guanidine groups is 1. The van der Waals surface area contributed by atoms with Gasteiger partial charge in [-0.1, -0.05) is 6.92 Å². The molecule has 0 aromatic heterocycles. The van der Waals surface area contributed by atoms with Gasteiger partial charge in [-0.25, -0.2) is 0 Å². The van der Waals surface area contributed by atoms with Crippen molar-refractivity contribution in [3.8, 4) is 11.5 Å². The molecule has 0 spiro atoms. The fourth-order valence-corrected chi connectivity index (χ4v) is 3.30. The van der Waals surface area contributed by atoms with E-state index >= 15 is 0 Å². The van der Waals surface area contributed by atoms with E-state index < -0.39 is 0 Å². The summed E-state index contributed by atoms with van der Waals surface area (Å²) in [6.07, 6.45) is 2.14. The van der Waals surface area contributed by atoms with Crippen molar-refractivity contribution in [3.05, 3.63) is 23.8 Å². The molecule has 1 heterocycles. The molecule has 1 atom stereocenters. The summed E-state index contributed by atoms with van der Waals surface area (Å²) in [6.45, 7) is 10.9. The van der Waals surface area contributed by atoms with Crippen molar-refractivity contribution in [2.75, 3.05) is 59.7 Å². The van der Waals surface area contributed by atoms with Gasteiger partial charge in [0, 0.05) is 50.1 Å². The van der Waals surface area contributed by atoms with Crippen LogP contribution < -0.4 is 14.8 Å². The molecule has 1 aromatic carbocycles. The van der Waals surface area contributed by atoms with E-state index in [-0.39, 0.29) is 24.0 Å². The Bertz CT molecular complexity index is 610. The van der Waals surface area contributed by atoms with Crippen LogP contribution in [0.5, 0.6) is 11.5 Å². The second-order valence-corrected chi connectivity index (χ2v) is 7.96. The molecule has 1 N–H and O–H groups in total. The van der Waals surface area contributed by atoms with E-state index in [4.69, 9.17) is 14.5 Å². The summed E-state index contributed by atoms with van der Waals surface area (Å²) >= 11 is 1.86. The van der Waals surface area contributed by atoms with E-state index in [0.29, 0.717) is 5.25 Å². The summed E-state index contributed by atoms with van der Waals surface area (Å²) in [5.41, 5.74) is 1.17. The Kier molecular flexibility index (Phi) is 12.0. The van der Waals surface area contributed by atoms with Gasteiger partial charge in [0.1, 0.15) is 11.5 Å². The molecule has 0 radical (unpaired) electrons. The van der Waals surface area contributed by atoms with E-state index in [0.717, 1.165) is 63.3 Å². The zero-order valence-corrected chi connectivity index (χ0v) is 20.9. The Hall–Kier alpha value is -0.870. The van der Waals surface area contributed by atoms with Gasteiger partial charge in [0.05, 0.1) is 20.8 Å². The normalized spacial score (nSPS) is 16.3. The summed E-state index contributed by atoms with van der Waals surface area (Å²) < 4.78 is 10.9. The Morgan fingerprint density at radius 2 is 1.93 bits per heavy atom. The molecule has 28 heavy (non-hydrogen) atoms. The highest BCUT2D eigenvalue weighted by molar-refractivity contribution is 14.0. The first kappa shape index (κ1) is 25.2. The van der Waals surface area contributed by atoms with Gasteiger partial charge in [0.25, 0.3) is 0 Å². The predicted octanol–water partition coefficient (Wildman–Crippen LogP) is 3.16. The molecule has 1 unspecified atom stereocenters. The molecule has 2 rings (SSSR count). The van der Waals surface area contributed by atoms with Crippen molar-refractivity contribution in [1.82, 2.24) is 15.1 Å². The number of methoxy groups -OCH3 is 2. The summed E-state index contributed by atoms with van der Waals surface area (Å²) in [7, 11) is 3.42. The number of hydrogen-bond donors (Lipinski definition) is 1. The number of halogens is 1. The number of rotatable bonds is 8. The number of benzene rings is 1. The lowest BCUT2D eigenvalue weighted by Crippen LogP contribution is -2.52. The van der Waals surface area contributed by atoms with E-state index in [2.05, 4.69) is 41.3 Å². The average molecular weight is 522 g/mol. The number of piperazine rings is 1. The largest absolute Gasteiger partial charge is 0.497 e. The molecule has 1 aliphatic heterocycles. The maximum atomic E-state index is 5.52. The molecule has 1 fully saturated rings. The molecule has 1 aliphatic rings. The fraction of sp³-hybridized carbons (Fsp3) is 0.650. The van der Waals surface area contributed by atoms with Crippen LogP contribution in [0.3, 0.4) is 0 Å². The van der Waals surface area contributed by atoms with Gasteiger partial charge in [0.15, 0.2) is 5.96 Å². The van der Waals surface area contributed by atoms with Crippen LogP contribution in [0.15, 0.2) is 23.2 Å². The van der Waals surface area contributed by atoms with Gasteiger partial charge >= 0.3 is 0 Å². The Balaban J connectivity index is 0.00000392. The monoisotopic (exact) mass is 522 g/mol. The van der Waals surface area contributed by atoms with Crippen molar-refractivity contribution in [2.24, 2.45) is 4.99 Å². The van der Waals surface area contributed by atoms with Crippen LogP contribution in [-0.4, -0.2) is 80.8 Å². The van der Waals surface area contributed by atoms with E-state index in [9.17, 15) is 0 Å². The highest BCUT2D eigenvalue weighted by Crippen LogP contribution is 2.25. The van der Waals surface area contributed by atoms with Crippen LogP contribution in [0.25, 0.3) is 0 Å². The van der Waals surface area contributed by atoms with Gasteiger partial charge in [-0.3, -0.25) is 9.89 Å². The lowest BCUT2D eigenvalue weighted by Gasteiger charge is -2.36. The minimum Gasteiger partial charge on any atom is -0.497 e. The number of nitrogens with one attached hydrogen (secondary N) is 1. The zero-order valence-electron chi connectivity index (χ0n) is 17.7. The van der Waals surface area contributed by atoms with Crippen LogP contribution >= 0.6 is 35.7 Å². The molecular formula is C20H35IN4O2S. The number of aliphatic imine (C=N–C) groups is 1. The molecular weight excluding hydrogens is 487 g/mol. The number of ether oxygens (including phenoxy) is 2. The number of thioether (sulfide) groups is 1. The lowest BCUT2D eigenvalue weighted by molar-refractivity contribution is 0.171. The van der Waals surface area contributed by atoms with Gasteiger partial charge < -0.3 is 19.7 Å². The topological polar surface area (TPSA) is 49.3 Å². The molecule has 0 bridgehead atoms. The third-order valence-corrected chi connectivity index (χ3v) is 5.74. The maximum absolute atomic E-state index is 5.52. The first-order chi connectivity index (χ1) is 13.1. The van der Waals surface area contributed by atoms with Gasteiger partial charge in [-0.15, -0.1) is 24.0 Å². The Labute approximate surface area is 191 Å². The summed E-state index contributed by atoms with van der Waals surface area (Å²) in [4.78, 5) is 9.65. The number of nitrogens with zero attached hydrogens (tertiary/aromatic N) is 3. The van der Waals surface area contributed by atoms with Crippen molar-refractivity contribution in [3.63, 3.8) is 0 Å². The minimum atomic E-state index is 0. The smallest absolute Gasteiger partial charge is 0.194 e. The second kappa shape index (κ2) is 13.4. The van der Waals surface area contributed by atoms with E-state index in [1.807, 2.05) is 23.9 Å². The molecule has 160 valence electrons. The van der Waals surface area contributed by atoms with Crippen molar-refractivity contribution in [1.29, 1.82) is 0 Å². The molecule has 0 saturated carbocycles. The average Bonchev–Trinajstić information content (AvgIpc) is 2.71. The molecule has 1 saturated heterocycles. The zero-order chi connectivity index (χ0) is 19.6. The Morgan fingerprint density at radius 3 is 2.50 bits per heavy atom. The van der Waals surface area contributed by atoms with Crippen molar-refractivity contribution in [2.45, 2.75) is 25.6 Å². The molecule has 0 aliphatic carbocycles. The molecule has 8 heteroatoms. The third-order valence-electron chi connectivity index (χ3n) is 4.79. The minimum absolute atomic E-state index is 0.